The smallest absolute Gasteiger partial charge is 0.294 e. The number of rotatable bonds is 10. The topological polar surface area (TPSA) is 126 Å². The van der Waals surface area contributed by atoms with Crippen LogP contribution in [0, 0.1) is 5.41 Å². The monoisotopic (exact) mass is 498 g/mol. The Morgan fingerprint density at radius 1 is 1.23 bits per heavy atom. The Balaban J connectivity index is 1.66. The molecule has 0 spiro atoms. The molecule has 2 aromatic rings. The normalized spacial score (nSPS) is 18.5. The van der Waals surface area contributed by atoms with Crippen molar-refractivity contribution >= 4 is 29.2 Å². The van der Waals surface area contributed by atoms with E-state index in [1.165, 1.54) is 0 Å². The lowest BCUT2D eigenvalue weighted by atomic mass is 9.74. The number of hydrogen-bond donors (Lipinski definition) is 4. The third-order valence-electron chi connectivity index (χ3n) is 7.40. The quantitative estimate of drug-likeness (QED) is 0.288. The average Bonchev–Trinajstić information content (AvgIpc) is 3.14. The molecule has 2 aliphatic rings. The minimum atomic E-state index is -0.644. The molecule has 188 valence electrons. The van der Waals surface area contributed by atoms with E-state index < -0.39 is 6.04 Å². The molecule has 8 nitrogen and oxygen atoms in total. The molecule has 9 heteroatoms. The molecule has 1 aromatic heterocycles. The van der Waals surface area contributed by atoms with Gasteiger partial charge in [0.05, 0.1) is 5.69 Å². The molecule has 0 radical (unpaired) electrons. The molecule has 1 fully saturated rings. The van der Waals surface area contributed by atoms with E-state index in [0.29, 0.717) is 29.4 Å². The van der Waals surface area contributed by atoms with Crippen molar-refractivity contribution in [1.29, 1.82) is 5.41 Å². The summed E-state index contributed by atoms with van der Waals surface area (Å²) in [6, 6.07) is 6.78. The summed E-state index contributed by atoms with van der Waals surface area (Å²) in [5.41, 5.74) is 7.14. The minimum absolute atomic E-state index is 0.00233. The number of halogens is 1. The number of nitrogen functional groups attached to an aromatic ring is 1. The number of fused-ring (bicyclic) bond motifs is 1. The zero-order valence-electron chi connectivity index (χ0n) is 20.5. The maximum absolute atomic E-state index is 13.6. The number of nitrogens with two attached hydrogens (primary N) is 1. The largest absolute Gasteiger partial charge is 0.384 e. The highest BCUT2D eigenvalue weighted by atomic mass is 35.5. The fourth-order valence-corrected chi connectivity index (χ4v) is 5.90. The van der Waals surface area contributed by atoms with Crippen LogP contribution in [-0.4, -0.2) is 27.3 Å². The van der Waals surface area contributed by atoms with Crippen LogP contribution in [0.3, 0.4) is 0 Å². The van der Waals surface area contributed by atoms with Crippen molar-refractivity contribution in [2.45, 2.75) is 89.3 Å². The van der Waals surface area contributed by atoms with Crippen LogP contribution < -0.4 is 21.9 Å². The predicted molar refractivity (Wildman–Crippen MR) is 139 cm³/mol. The Morgan fingerprint density at radius 3 is 2.43 bits per heavy atom. The number of amides is 1. The van der Waals surface area contributed by atoms with Crippen LogP contribution in [0.2, 0.25) is 5.15 Å². The second kappa shape index (κ2) is 10.4. The molecular formula is C26H35ClN6O2. The molecule has 0 unspecified atom stereocenters. The van der Waals surface area contributed by atoms with Crippen LogP contribution >= 0.6 is 11.6 Å². The van der Waals surface area contributed by atoms with E-state index in [1.54, 1.807) is 16.7 Å². The molecule has 0 bridgehead atoms. The van der Waals surface area contributed by atoms with Crippen molar-refractivity contribution in [3.8, 4) is 0 Å². The number of nitrogens with one attached hydrogen (secondary N) is 3. The van der Waals surface area contributed by atoms with Gasteiger partial charge in [-0.05, 0) is 44.1 Å². The highest BCUT2D eigenvalue weighted by Crippen LogP contribution is 2.49. The van der Waals surface area contributed by atoms with Gasteiger partial charge in [-0.15, -0.1) is 0 Å². The van der Waals surface area contributed by atoms with Gasteiger partial charge in [-0.3, -0.25) is 19.6 Å². The summed E-state index contributed by atoms with van der Waals surface area (Å²) in [6.45, 7) is 4.55. The number of nitrogens with zero attached hydrogens (tertiary/aromatic N) is 2. The molecule has 1 amide bonds. The van der Waals surface area contributed by atoms with Crippen LogP contribution in [0.5, 0.6) is 0 Å². The Labute approximate surface area is 211 Å². The average molecular weight is 499 g/mol. The molecule has 1 atom stereocenters. The minimum Gasteiger partial charge on any atom is -0.384 e. The number of amidine groups is 1. The maximum atomic E-state index is 13.6. The van der Waals surface area contributed by atoms with Crippen molar-refractivity contribution in [2.24, 2.45) is 5.73 Å². The molecule has 35 heavy (non-hydrogen) atoms. The Kier molecular flexibility index (Phi) is 7.50. The number of benzene rings is 1. The molecule has 4 rings (SSSR count). The first-order valence-corrected chi connectivity index (χ1v) is 13.0. The zero-order chi connectivity index (χ0) is 25.2. The zero-order valence-corrected chi connectivity index (χ0v) is 21.3. The van der Waals surface area contributed by atoms with Crippen LogP contribution in [0.1, 0.15) is 88.1 Å². The Morgan fingerprint density at radius 2 is 1.89 bits per heavy atom. The molecule has 1 aliphatic heterocycles. The van der Waals surface area contributed by atoms with Gasteiger partial charge in [-0.25, -0.2) is 4.98 Å². The molecule has 1 saturated carbocycles. The van der Waals surface area contributed by atoms with E-state index in [0.717, 1.165) is 50.5 Å². The molecule has 1 aliphatic carbocycles. The number of anilines is 1. The number of aromatic nitrogens is 2. The first-order valence-electron chi connectivity index (χ1n) is 12.6. The number of carbonyl (C=O) groups excluding carboxylic acids is 1. The highest BCUT2D eigenvalue weighted by Gasteiger charge is 2.48. The van der Waals surface area contributed by atoms with Crippen LogP contribution in [-0.2, 0) is 16.8 Å². The maximum Gasteiger partial charge on any atom is 0.294 e. The van der Waals surface area contributed by atoms with Gasteiger partial charge >= 0.3 is 0 Å². The van der Waals surface area contributed by atoms with Gasteiger partial charge in [-0.2, -0.15) is 0 Å². The van der Waals surface area contributed by atoms with Crippen molar-refractivity contribution in [2.75, 3.05) is 5.32 Å². The lowest BCUT2D eigenvalue weighted by Crippen LogP contribution is -2.38. The molecular weight excluding hydrogens is 464 g/mol. The fraction of sp³-hybridized carbons (Fsp3) is 0.538. The Bertz CT molecular complexity index is 1150. The van der Waals surface area contributed by atoms with Gasteiger partial charge in [-0.1, -0.05) is 62.6 Å². The molecule has 1 aromatic carbocycles. The van der Waals surface area contributed by atoms with E-state index >= 15 is 0 Å². The summed E-state index contributed by atoms with van der Waals surface area (Å²) >= 11 is 6.76. The van der Waals surface area contributed by atoms with Crippen molar-refractivity contribution in [3.05, 3.63) is 56.6 Å². The molecule has 5 N–H and O–H groups in total. The summed E-state index contributed by atoms with van der Waals surface area (Å²) in [5, 5.41) is 14.1. The van der Waals surface area contributed by atoms with Crippen molar-refractivity contribution in [1.82, 2.24) is 14.9 Å². The van der Waals surface area contributed by atoms with Crippen LogP contribution in [0.15, 0.2) is 29.1 Å². The third kappa shape index (κ3) is 4.94. The summed E-state index contributed by atoms with van der Waals surface area (Å²) in [7, 11) is 0. The fourth-order valence-electron chi connectivity index (χ4n) is 5.53. The highest BCUT2D eigenvalue weighted by molar-refractivity contribution is 6.30. The molecule has 2 heterocycles. The van der Waals surface area contributed by atoms with E-state index in [2.05, 4.69) is 29.5 Å². The number of hydrogen-bond acceptors (Lipinski definition) is 5. The standard InChI is InChI=1S/C26H35ClN6O2/c1-3-12-26(13-4-2)14-19(24(34)30-15-16-8-10-17(11-9-16)22(28)29)33-20(26)21(27)32-23(25(33)35)31-18-6-5-7-18/h8-11,18-19H,3-7,12-15H2,1-2H3,(H3,28,29)(H,30,34)(H,31,32)/t19-/m0/s1. The predicted octanol–water partition coefficient (Wildman–Crippen LogP) is 4.24. The van der Waals surface area contributed by atoms with E-state index in [9.17, 15) is 9.59 Å². The van der Waals surface area contributed by atoms with Crippen LogP contribution in [0.25, 0.3) is 0 Å². The molecule has 0 saturated heterocycles. The van der Waals surface area contributed by atoms with Crippen molar-refractivity contribution < 1.29 is 4.79 Å². The van der Waals surface area contributed by atoms with Crippen LogP contribution in [0.4, 0.5) is 5.82 Å². The van der Waals surface area contributed by atoms with Gasteiger partial charge in [0.25, 0.3) is 5.56 Å². The first-order chi connectivity index (χ1) is 16.8. The van der Waals surface area contributed by atoms with E-state index in [1.807, 2.05) is 12.1 Å². The summed E-state index contributed by atoms with van der Waals surface area (Å²) < 4.78 is 1.62. The van der Waals surface area contributed by atoms with E-state index in [-0.39, 0.29) is 34.6 Å². The summed E-state index contributed by atoms with van der Waals surface area (Å²) in [6.07, 6.45) is 7.19. The second-order valence-electron chi connectivity index (χ2n) is 9.88. The van der Waals surface area contributed by atoms with Crippen molar-refractivity contribution in [3.63, 3.8) is 0 Å². The van der Waals surface area contributed by atoms with Gasteiger partial charge in [0, 0.05) is 23.6 Å². The second-order valence-corrected chi connectivity index (χ2v) is 10.2. The summed E-state index contributed by atoms with van der Waals surface area (Å²) in [5.74, 6) is 0.0438. The first kappa shape index (κ1) is 25.2. The third-order valence-corrected chi connectivity index (χ3v) is 7.67. The van der Waals surface area contributed by atoms with Gasteiger partial charge < -0.3 is 16.4 Å². The van der Waals surface area contributed by atoms with E-state index in [4.69, 9.17) is 22.7 Å². The lowest BCUT2D eigenvalue weighted by molar-refractivity contribution is -0.124. The number of carbonyl (C=O) groups is 1. The van der Waals surface area contributed by atoms with Gasteiger partial charge in [0.2, 0.25) is 5.91 Å². The van der Waals surface area contributed by atoms with Gasteiger partial charge in [0.1, 0.15) is 11.9 Å². The summed E-state index contributed by atoms with van der Waals surface area (Å²) in [4.78, 5) is 31.6. The lowest BCUT2D eigenvalue weighted by Gasteiger charge is -2.30. The van der Waals surface area contributed by atoms with Gasteiger partial charge in [0.15, 0.2) is 11.0 Å². The SMILES string of the molecule is CCCC1(CCC)C[C@@H](C(=O)NCc2ccc(C(=N)N)cc2)n2c1c(Cl)nc(NC1CCC1)c2=O. The Hall–Kier alpha value is -2.87.